The van der Waals surface area contributed by atoms with E-state index in [0.717, 1.165) is 0 Å². The van der Waals surface area contributed by atoms with Crippen molar-refractivity contribution in [1.29, 1.82) is 0 Å². The molecule has 0 amide bonds. The van der Waals surface area contributed by atoms with Crippen molar-refractivity contribution in [1.82, 2.24) is 4.57 Å². The van der Waals surface area contributed by atoms with E-state index in [1.54, 1.807) is 0 Å². The monoisotopic (exact) mass is 577 g/mol. The maximum Gasteiger partial charge on any atom is 0.0541 e. The molecule has 44 heavy (non-hydrogen) atoms. The molecule has 0 fully saturated rings. The summed E-state index contributed by atoms with van der Waals surface area (Å²) in [4.78, 5) is 0. The maximum atomic E-state index is 2.40. The minimum Gasteiger partial charge on any atom is -0.309 e. The van der Waals surface area contributed by atoms with Crippen LogP contribution in [0.25, 0.3) is 81.0 Å². The molecule has 1 nitrogen and oxygen atoms in total. The van der Waals surface area contributed by atoms with Crippen molar-refractivity contribution in [2.24, 2.45) is 0 Å². The molecule has 7 aromatic carbocycles. The molecule has 2 heteroatoms. The maximum absolute atomic E-state index is 2.40. The van der Waals surface area contributed by atoms with E-state index in [-0.39, 0.29) is 0 Å². The zero-order chi connectivity index (χ0) is 29.0. The Morgan fingerprint density at radius 2 is 0.955 bits per heavy atom. The molecular weight excluding hydrogens is 551 g/mol. The number of fused-ring (bicyclic) bond motifs is 6. The molecule has 0 bridgehead atoms. The second kappa shape index (κ2) is 10.1. The smallest absolute Gasteiger partial charge is 0.0541 e. The van der Waals surface area contributed by atoms with E-state index >= 15 is 0 Å². The van der Waals surface area contributed by atoms with E-state index in [0.29, 0.717) is 0 Å². The highest BCUT2D eigenvalue weighted by Gasteiger charge is 2.17. The summed E-state index contributed by atoms with van der Waals surface area (Å²) in [6.45, 7) is 0. The van der Waals surface area contributed by atoms with Gasteiger partial charge in [-0.2, -0.15) is 0 Å². The fraction of sp³-hybridized carbons (Fsp3) is 0. The molecule has 9 rings (SSSR count). The summed E-state index contributed by atoms with van der Waals surface area (Å²) in [5.74, 6) is 0. The van der Waals surface area contributed by atoms with Gasteiger partial charge in [-0.1, -0.05) is 109 Å². The van der Waals surface area contributed by atoms with Crippen LogP contribution in [0.3, 0.4) is 0 Å². The average molecular weight is 578 g/mol. The van der Waals surface area contributed by atoms with Crippen LogP contribution in [0.15, 0.2) is 164 Å². The molecule has 9 aromatic rings. The largest absolute Gasteiger partial charge is 0.309 e. The number of hydrogen-bond donors (Lipinski definition) is 0. The van der Waals surface area contributed by atoms with Gasteiger partial charge in [0.2, 0.25) is 0 Å². The van der Waals surface area contributed by atoms with Gasteiger partial charge < -0.3 is 4.57 Å². The van der Waals surface area contributed by atoms with E-state index in [4.69, 9.17) is 0 Å². The van der Waals surface area contributed by atoms with Crippen molar-refractivity contribution in [3.8, 4) is 39.1 Å². The van der Waals surface area contributed by atoms with E-state index < -0.39 is 0 Å². The van der Waals surface area contributed by atoms with Crippen LogP contribution in [-0.4, -0.2) is 4.57 Å². The number of hydrogen-bond acceptors (Lipinski definition) is 1. The molecule has 0 aliphatic rings. The first-order chi connectivity index (χ1) is 21.8. The Balaban J connectivity index is 1.32. The molecule has 206 valence electrons. The van der Waals surface area contributed by atoms with Crippen LogP contribution in [0.5, 0.6) is 0 Å². The Hall–Kier alpha value is -5.44. The van der Waals surface area contributed by atoms with Gasteiger partial charge in [0.05, 0.1) is 11.0 Å². The standard InChI is InChI=1S/C42H27NS/c1-4-12-28(13-5-1)30-21-23-41-37(24-30)38-27-32(29-14-6-2-7-15-29)26-35(42(38)44-41)31-20-22-40-36(25-31)34-18-10-11-19-39(34)43(40)33-16-8-3-9-17-33/h1-27H. The van der Waals surface area contributed by atoms with Gasteiger partial charge in [0.25, 0.3) is 0 Å². The lowest BCUT2D eigenvalue weighted by atomic mass is 9.94. The average Bonchev–Trinajstić information content (AvgIpc) is 3.64. The lowest BCUT2D eigenvalue weighted by molar-refractivity contribution is 1.18. The third kappa shape index (κ3) is 4.00. The minimum absolute atomic E-state index is 1.18. The summed E-state index contributed by atoms with van der Waals surface area (Å²) in [7, 11) is 0. The highest BCUT2D eigenvalue weighted by molar-refractivity contribution is 7.26. The van der Waals surface area contributed by atoms with Crippen LogP contribution in [0, 0.1) is 0 Å². The molecule has 0 atom stereocenters. The summed E-state index contributed by atoms with van der Waals surface area (Å²) in [6.07, 6.45) is 0. The summed E-state index contributed by atoms with van der Waals surface area (Å²) in [5.41, 5.74) is 11.1. The lowest BCUT2D eigenvalue weighted by Crippen LogP contribution is -1.92. The van der Waals surface area contributed by atoms with E-state index in [2.05, 4.69) is 168 Å². The first-order valence-corrected chi connectivity index (χ1v) is 15.8. The van der Waals surface area contributed by atoms with Crippen LogP contribution in [0.4, 0.5) is 0 Å². The third-order valence-corrected chi connectivity index (χ3v) is 10.0. The van der Waals surface area contributed by atoms with Gasteiger partial charge in [0.15, 0.2) is 0 Å². The first kappa shape index (κ1) is 25.1. The molecule has 0 saturated heterocycles. The van der Waals surface area contributed by atoms with Crippen LogP contribution in [0.2, 0.25) is 0 Å². The third-order valence-electron chi connectivity index (χ3n) is 8.78. The molecular formula is C42H27NS. The SMILES string of the molecule is c1ccc(-c2ccc3sc4c(-c5ccc6c(c5)c5ccccc5n6-c5ccccc5)cc(-c5ccccc5)cc4c3c2)cc1. The van der Waals surface area contributed by atoms with Crippen molar-refractivity contribution in [3.63, 3.8) is 0 Å². The van der Waals surface area contributed by atoms with Gasteiger partial charge >= 0.3 is 0 Å². The summed E-state index contributed by atoms with van der Waals surface area (Å²) in [5, 5.41) is 5.17. The zero-order valence-corrected chi connectivity index (χ0v) is 24.8. The molecule has 2 heterocycles. The van der Waals surface area contributed by atoms with E-state index in [1.165, 1.54) is 81.0 Å². The van der Waals surface area contributed by atoms with Crippen LogP contribution < -0.4 is 0 Å². The van der Waals surface area contributed by atoms with Crippen LogP contribution in [0.1, 0.15) is 0 Å². The first-order valence-electron chi connectivity index (χ1n) is 15.0. The highest BCUT2D eigenvalue weighted by atomic mass is 32.1. The van der Waals surface area contributed by atoms with Gasteiger partial charge in [-0.15, -0.1) is 11.3 Å². The fourth-order valence-electron chi connectivity index (χ4n) is 6.70. The van der Waals surface area contributed by atoms with Gasteiger partial charge in [0, 0.05) is 42.2 Å². The summed E-state index contributed by atoms with van der Waals surface area (Å²) in [6, 6.07) is 59.6. The number of aromatic nitrogens is 1. The van der Waals surface area contributed by atoms with Crippen molar-refractivity contribution in [3.05, 3.63) is 164 Å². The van der Waals surface area contributed by atoms with Crippen molar-refractivity contribution < 1.29 is 0 Å². The molecule has 2 aromatic heterocycles. The van der Waals surface area contributed by atoms with Crippen molar-refractivity contribution in [2.75, 3.05) is 0 Å². The second-order valence-corrected chi connectivity index (χ2v) is 12.4. The molecule has 0 spiro atoms. The number of benzene rings is 7. The Kier molecular flexibility index (Phi) is 5.75. The predicted molar refractivity (Wildman–Crippen MR) is 190 cm³/mol. The Morgan fingerprint density at radius 3 is 1.73 bits per heavy atom. The normalized spacial score (nSPS) is 11.6. The molecule has 0 unspecified atom stereocenters. The highest BCUT2D eigenvalue weighted by Crippen LogP contribution is 2.45. The van der Waals surface area contributed by atoms with Gasteiger partial charge in [0.1, 0.15) is 0 Å². The van der Waals surface area contributed by atoms with Crippen LogP contribution in [-0.2, 0) is 0 Å². The zero-order valence-electron chi connectivity index (χ0n) is 23.9. The van der Waals surface area contributed by atoms with E-state index in [9.17, 15) is 0 Å². The van der Waals surface area contributed by atoms with Crippen LogP contribution >= 0.6 is 11.3 Å². The number of para-hydroxylation sites is 2. The summed E-state index contributed by atoms with van der Waals surface area (Å²) < 4.78 is 5.03. The summed E-state index contributed by atoms with van der Waals surface area (Å²) >= 11 is 1.90. The molecule has 0 aliphatic carbocycles. The second-order valence-electron chi connectivity index (χ2n) is 11.4. The predicted octanol–water partition coefficient (Wildman–Crippen LogP) is 12.2. The van der Waals surface area contributed by atoms with Crippen molar-refractivity contribution in [2.45, 2.75) is 0 Å². The fourth-order valence-corrected chi connectivity index (χ4v) is 7.90. The minimum atomic E-state index is 1.18. The Bertz CT molecular complexity index is 2470. The lowest BCUT2D eigenvalue weighted by Gasteiger charge is -2.11. The Labute approximate surface area is 259 Å². The quantitative estimate of drug-likeness (QED) is 0.196. The van der Waals surface area contributed by atoms with Gasteiger partial charge in [-0.25, -0.2) is 0 Å². The molecule has 0 N–H and O–H groups in total. The van der Waals surface area contributed by atoms with Gasteiger partial charge in [-0.3, -0.25) is 0 Å². The molecule has 0 aliphatic heterocycles. The number of rotatable bonds is 4. The van der Waals surface area contributed by atoms with Gasteiger partial charge in [-0.05, 0) is 82.4 Å². The number of nitrogens with zero attached hydrogens (tertiary/aromatic N) is 1. The topological polar surface area (TPSA) is 4.93 Å². The van der Waals surface area contributed by atoms with E-state index in [1.807, 2.05) is 11.3 Å². The Morgan fingerprint density at radius 1 is 0.364 bits per heavy atom. The van der Waals surface area contributed by atoms with Crippen molar-refractivity contribution >= 4 is 53.3 Å². The number of thiophene rings is 1. The molecule has 0 radical (unpaired) electrons. The molecule has 0 saturated carbocycles.